The number of aliphatic hydroxyl groups is 1. The van der Waals surface area contributed by atoms with Crippen LogP contribution in [0.5, 0.6) is 0 Å². The molecule has 0 saturated carbocycles. The lowest BCUT2D eigenvalue weighted by atomic mass is 10.5. The topological polar surface area (TPSA) is 29.5 Å². The monoisotopic (exact) mass is 174 g/mol. The van der Waals surface area contributed by atoms with Crippen molar-refractivity contribution in [3.05, 3.63) is 25.3 Å². The molecule has 12 heavy (non-hydrogen) atoms. The number of hydrogen-bond acceptors (Lipinski definition) is 2. The van der Waals surface area contributed by atoms with E-state index in [0.29, 0.717) is 6.61 Å². The van der Waals surface area contributed by atoms with E-state index in [1.54, 1.807) is 26.2 Å². The molecule has 0 aromatic heterocycles. The summed E-state index contributed by atoms with van der Waals surface area (Å²) in [6.07, 6.45) is 3.18. The molecular weight excluding hydrogens is 152 g/mol. The quantitative estimate of drug-likeness (QED) is 0.651. The molecule has 0 aliphatic heterocycles. The van der Waals surface area contributed by atoms with E-state index in [9.17, 15) is 0 Å². The van der Waals surface area contributed by atoms with Gasteiger partial charge in [0, 0.05) is 7.11 Å². The molecule has 0 fully saturated rings. The Balaban J connectivity index is -0.000000115. The molecule has 2 nitrogen and oxygen atoms in total. The molecule has 1 atom stereocenters. The Kier molecular flexibility index (Phi) is 32.7. The molecule has 0 bridgehead atoms. The number of rotatable bonds is 2. The van der Waals surface area contributed by atoms with Crippen molar-refractivity contribution in [3.8, 4) is 0 Å². The van der Waals surface area contributed by atoms with Crippen molar-refractivity contribution >= 4 is 0 Å². The zero-order valence-electron chi connectivity index (χ0n) is 8.71. The fourth-order valence-electron chi connectivity index (χ4n) is 0.241. The minimum atomic E-state index is -0.324. The third kappa shape index (κ3) is 115. The Hall–Kier alpha value is -0.600. The fourth-order valence-corrected chi connectivity index (χ4v) is 0.241. The van der Waals surface area contributed by atoms with Crippen molar-refractivity contribution in [3.63, 3.8) is 0 Å². The first kappa shape index (κ1) is 17.5. The van der Waals surface area contributed by atoms with E-state index < -0.39 is 0 Å². The van der Waals surface area contributed by atoms with Crippen molar-refractivity contribution in [1.29, 1.82) is 0 Å². The Morgan fingerprint density at radius 3 is 1.58 bits per heavy atom. The Bertz CT molecular complexity index is 71.9. The molecule has 0 aromatic rings. The third-order valence-corrected chi connectivity index (χ3v) is 0.408. The Morgan fingerprint density at radius 1 is 1.33 bits per heavy atom. The largest absolute Gasteiger partial charge is 0.391 e. The number of hydrogen-bond donors (Lipinski definition) is 1. The van der Waals surface area contributed by atoms with E-state index in [1.807, 2.05) is 13.8 Å². The SMILES string of the molecule is C=CC.C=CC.COCC(C)O. The number of allylic oxidation sites excluding steroid dienone is 2. The second-order valence-electron chi connectivity index (χ2n) is 2.12. The molecule has 0 aliphatic rings. The van der Waals surface area contributed by atoms with Gasteiger partial charge in [0.1, 0.15) is 0 Å². The highest BCUT2D eigenvalue weighted by Gasteiger charge is 1.87. The molecule has 74 valence electrons. The highest BCUT2D eigenvalue weighted by Crippen LogP contribution is 1.75. The summed E-state index contributed by atoms with van der Waals surface area (Å²) >= 11 is 0. The van der Waals surface area contributed by atoms with Crippen molar-refractivity contribution in [1.82, 2.24) is 0 Å². The summed E-state index contributed by atoms with van der Waals surface area (Å²) in [6, 6.07) is 0. The van der Waals surface area contributed by atoms with E-state index >= 15 is 0 Å². The Labute approximate surface area is 76.6 Å². The van der Waals surface area contributed by atoms with E-state index in [2.05, 4.69) is 17.9 Å². The first-order valence-electron chi connectivity index (χ1n) is 3.91. The van der Waals surface area contributed by atoms with Gasteiger partial charge in [-0.3, -0.25) is 0 Å². The predicted molar refractivity (Wildman–Crippen MR) is 55.3 cm³/mol. The molecular formula is C10H22O2. The average Bonchev–Trinajstić information content (AvgIpc) is 1.89. The van der Waals surface area contributed by atoms with Crippen LogP contribution < -0.4 is 0 Å². The van der Waals surface area contributed by atoms with E-state index in [4.69, 9.17) is 5.11 Å². The van der Waals surface area contributed by atoms with Crippen LogP contribution in [0.3, 0.4) is 0 Å². The van der Waals surface area contributed by atoms with E-state index in [0.717, 1.165) is 0 Å². The first-order chi connectivity index (χ1) is 5.60. The van der Waals surface area contributed by atoms with Crippen molar-refractivity contribution in [2.75, 3.05) is 13.7 Å². The summed E-state index contributed by atoms with van der Waals surface area (Å²) in [7, 11) is 1.56. The van der Waals surface area contributed by atoms with Crippen LogP contribution in [0.25, 0.3) is 0 Å². The summed E-state index contributed by atoms with van der Waals surface area (Å²) in [4.78, 5) is 0. The van der Waals surface area contributed by atoms with Crippen molar-refractivity contribution < 1.29 is 9.84 Å². The van der Waals surface area contributed by atoms with Gasteiger partial charge in [0.15, 0.2) is 0 Å². The lowest BCUT2D eigenvalue weighted by molar-refractivity contribution is 0.0765. The minimum Gasteiger partial charge on any atom is -0.391 e. The van der Waals surface area contributed by atoms with Crippen molar-refractivity contribution in [2.24, 2.45) is 0 Å². The van der Waals surface area contributed by atoms with Crippen LogP contribution >= 0.6 is 0 Å². The van der Waals surface area contributed by atoms with Gasteiger partial charge >= 0.3 is 0 Å². The zero-order valence-corrected chi connectivity index (χ0v) is 8.71. The molecule has 0 saturated heterocycles. The molecule has 0 heterocycles. The van der Waals surface area contributed by atoms with Gasteiger partial charge in [0.2, 0.25) is 0 Å². The number of aliphatic hydroxyl groups excluding tert-OH is 1. The van der Waals surface area contributed by atoms with Crippen LogP contribution in [-0.2, 0) is 4.74 Å². The van der Waals surface area contributed by atoms with Crippen LogP contribution in [0.2, 0.25) is 0 Å². The molecule has 1 unspecified atom stereocenters. The summed E-state index contributed by atoms with van der Waals surface area (Å²) in [5.41, 5.74) is 0. The van der Waals surface area contributed by atoms with Gasteiger partial charge in [-0.1, -0.05) is 12.2 Å². The minimum absolute atomic E-state index is 0.324. The Morgan fingerprint density at radius 2 is 1.58 bits per heavy atom. The first-order valence-corrected chi connectivity index (χ1v) is 3.91. The average molecular weight is 174 g/mol. The molecule has 2 heteroatoms. The molecule has 0 spiro atoms. The zero-order chi connectivity index (χ0) is 10.4. The normalized spacial score (nSPS) is 9.42. The summed E-state index contributed by atoms with van der Waals surface area (Å²) in [5.74, 6) is 0. The molecule has 1 N–H and O–H groups in total. The second-order valence-corrected chi connectivity index (χ2v) is 2.12. The van der Waals surface area contributed by atoms with Crippen LogP contribution in [0.1, 0.15) is 20.8 Å². The fraction of sp³-hybridized carbons (Fsp3) is 0.600. The van der Waals surface area contributed by atoms with E-state index in [-0.39, 0.29) is 6.10 Å². The van der Waals surface area contributed by atoms with Gasteiger partial charge in [-0.25, -0.2) is 0 Å². The van der Waals surface area contributed by atoms with Crippen LogP contribution in [0.15, 0.2) is 25.3 Å². The summed E-state index contributed by atoms with van der Waals surface area (Å²) in [6.45, 7) is 12.6. The highest BCUT2D eigenvalue weighted by molar-refractivity contribution is 4.51. The maximum atomic E-state index is 8.43. The summed E-state index contributed by atoms with van der Waals surface area (Å²) in [5, 5.41) is 8.43. The van der Waals surface area contributed by atoms with E-state index in [1.165, 1.54) is 0 Å². The number of ether oxygens (including phenoxy) is 1. The highest BCUT2D eigenvalue weighted by atomic mass is 16.5. The maximum Gasteiger partial charge on any atom is 0.0745 e. The van der Waals surface area contributed by atoms with Gasteiger partial charge < -0.3 is 9.84 Å². The van der Waals surface area contributed by atoms with Gasteiger partial charge in [0.25, 0.3) is 0 Å². The summed E-state index contributed by atoms with van der Waals surface area (Å²) < 4.78 is 4.55. The standard InChI is InChI=1S/C4H10O2.2C3H6/c1-4(5)3-6-2;2*1-3-2/h4-5H,3H2,1-2H3;2*3H,1H2,2H3. The lowest BCUT2D eigenvalue weighted by Gasteiger charge is -1.97. The third-order valence-electron chi connectivity index (χ3n) is 0.408. The lowest BCUT2D eigenvalue weighted by Crippen LogP contribution is -2.07. The van der Waals surface area contributed by atoms with Gasteiger partial charge in [0.05, 0.1) is 12.7 Å². The number of methoxy groups -OCH3 is 1. The van der Waals surface area contributed by atoms with Crippen LogP contribution in [0, 0.1) is 0 Å². The molecule has 0 aromatic carbocycles. The smallest absolute Gasteiger partial charge is 0.0745 e. The van der Waals surface area contributed by atoms with Crippen LogP contribution in [0.4, 0.5) is 0 Å². The van der Waals surface area contributed by atoms with Gasteiger partial charge in [-0.2, -0.15) is 0 Å². The second kappa shape index (κ2) is 22.4. The molecule has 0 aliphatic carbocycles. The van der Waals surface area contributed by atoms with Gasteiger partial charge in [-0.15, -0.1) is 13.2 Å². The maximum absolute atomic E-state index is 8.43. The molecule has 0 rings (SSSR count). The predicted octanol–water partition coefficient (Wildman–Crippen LogP) is 2.40. The van der Waals surface area contributed by atoms with Crippen molar-refractivity contribution in [2.45, 2.75) is 26.9 Å². The molecule has 0 amide bonds. The van der Waals surface area contributed by atoms with Crippen LogP contribution in [-0.4, -0.2) is 24.9 Å². The van der Waals surface area contributed by atoms with Gasteiger partial charge in [-0.05, 0) is 20.8 Å². The molecule has 0 radical (unpaired) electrons.